The van der Waals surface area contributed by atoms with Gasteiger partial charge in [-0.3, -0.25) is 4.79 Å². The number of thiophene rings is 1. The van der Waals surface area contributed by atoms with Gasteiger partial charge in [-0.25, -0.2) is 4.79 Å². The third-order valence-corrected chi connectivity index (χ3v) is 5.29. The van der Waals surface area contributed by atoms with Crippen LogP contribution in [0.3, 0.4) is 0 Å². The molecule has 0 radical (unpaired) electrons. The lowest BCUT2D eigenvalue weighted by molar-refractivity contribution is -0.116. The second-order valence-electron chi connectivity index (χ2n) is 6.15. The van der Waals surface area contributed by atoms with E-state index in [4.69, 9.17) is 0 Å². The first-order valence-electron chi connectivity index (χ1n) is 8.37. The van der Waals surface area contributed by atoms with Crippen LogP contribution in [-0.2, 0) is 17.6 Å². The molecular weight excluding hydrogens is 322 g/mol. The van der Waals surface area contributed by atoms with Gasteiger partial charge in [-0.2, -0.15) is 0 Å². The Labute approximate surface area is 145 Å². The Balaban J connectivity index is 1.97. The van der Waals surface area contributed by atoms with E-state index in [1.165, 1.54) is 35.3 Å². The molecule has 0 aliphatic heterocycles. The van der Waals surface area contributed by atoms with Gasteiger partial charge >= 0.3 is 5.97 Å². The molecule has 1 heterocycles. The Morgan fingerprint density at radius 2 is 1.96 bits per heavy atom. The Morgan fingerprint density at radius 3 is 2.67 bits per heavy atom. The average molecular weight is 343 g/mol. The van der Waals surface area contributed by atoms with E-state index in [0.717, 1.165) is 24.8 Å². The Kier molecular flexibility index (Phi) is 5.00. The molecular formula is C19H21NO3S. The van der Waals surface area contributed by atoms with Crippen molar-refractivity contribution in [3.05, 3.63) is 40.3 Å². The highest BCUT2D eigenvalue weighted by molar-refractivity contribution is 7.15. The van der Waals surface area contributed by atoms with Crippen molar-refractivity contribution in [2.24, 2.45) is 0 Å². The van der Waals surface area contributed by atoms with Crippen LogP contribution in [0.15, 0.2) is 23.6 Å². The molecule has 1 aromatic heterocycles. The van der Waals surface area contributed by atoms with Crippen molar-refractivity contribution in [3.8, 4) is 11.1 Å². The first kappa shape index (κ1) is 16.7. The van der Waals surface area contributed by atoms with Crippen LogP contribution < -0.4 is 5.32 Å². The summed E-state index contributed by atoms with van der Waals surface area (Å²) in [5.74, 6) is -1.14. The second kappa shape index (κ2) is 7.18. The summed E-state index contributed by atoms with van der Waals surface area (Å²) < 4.78 is 0. The van der Waals surface area contributed by atoms with E-state index in [0.29, 0.717) is 17.0 Å². The molecule has 0 bridgehead atoms. The summed E-state index contributed by atoms with van der Waals surface area (Å²) >= 11 is 1.28. The molecule has 1 aliphatic carbocycles. The van der Waals surface area contributed by atoms with Crippen LogP contribution in [0.5, 0.6) is 0 Å². The van der Waals surface area contributed by atoms with Crippen molar-refractivity contribution in [1.82, 2.24) is 0 Å². The lowest BCUT2D eigenvalue weighted by atomic mass is 9.89. The highest BCUT2D eigenvalue weighted by Gasteiger charge is 2.21. The van der Waals surface area contributed by atoms with E-state index in [2.05, 4.69) is 17.4 Å². The third kappa shape index (κ3) is 3.36. The van der Waals surface area contributed by atoms with Gasteiger partial charge in [0.05, 0.1) is 0 Å². The molecule has 126 valence electrons. The van der Waals surface area contributed by atoms with Crippen molar-refractivity contribution >= 4 is 28.2 Å². The number of rotatable bonds is 5. The quantitative estimate of drug-likeness (QED) is 0.825. The predicted molar refractivity (Wildman–Crippen MR) is 96.9 cm³/mol. The Bertz CT molecular complexity index is 779. The van der Waals surface area contributed by atoms with Gasteiger partial charge in [0.2, 0.25) is 5.91 Å². The fourth-order valence-electron chi connectivity index (χ4n) is 3.19. The second-order valence-corrected chi connectivity index (χ2v) is 7.03. The molecule has 3 rings (SSSR count). The average Bonchev–Trinajstić information content (AvgIpc) is 2.98. The number of aromatic carboxylic acids is 1. The van der Waals surface area contributed by atoms with Gasteiger partial charge in [0.25, 0.3) is 0 Å². The maximum Gasteiger partial charge on any atom is 0.339 e. The zero-order valence-corrected chi connectivity index (χ0v) is 14.5. The first-order chi connectivity index (χ1) is 11.6. The summed E-state index contributed by atoms with van der Waals surface area (Å²) in [6.45, 7) is 1.92. The highest BCUT2D eigenvalue weighted by Crippen LogP contribution is 2.37. The number of aryl methyl sites for hydroxylation is 2. The number of fused-ring (bicyclic) bond motifs is 1. The van der Waals surface area contributed by atoms with Crippen LogP contribution in [-0.4, -0.2) is 17.0 Å². The number of anilines is 1. The summed E-state index contributed by atoms with van der Waals surface area (Å²) in [7, 11) is 0. The fourth-order valence-corrected chi connectivity index (χ4v) is 4.17. The first-order valence-corrected chi connectivity index (χ1v) is 9.25. The molecule has 0 fully saturated rings. The van der Waals surface area contributed by atoms with Gasteiger partial charge in [0.1, 0.15) is 10.6 Å². The summed E-state index contributed by atoms with van der Waals surface area (Å²) in [5.41, 5.74) is 4.49. The molecule has 1 aliphatic rings. The Morgan fingerprint density at radius 1 is 1.21 bits per heavy atom. The van der Waals surface area contributed by atoms with Gasteiger partial charge in [-0.15, -0.1) is 11.3 Å². The monoisotopic (exact) mass is 343 g/mol. The normalized spacial score (nSPS) is 13.4. The molecule has 24 heavy (non-hydrogen) atoms. The van der Waals surface area contributed by atoms with E-state index in [1.54, 1.807) is 0 Å². The number of benzene rings is 1. The SMILES string of the molecule is CCCC(=O)Nc1scc(-c2ccc3c(c2)CCCC3)c1C(=O)O. The van der Waals surface area contributed by atoms with Crippen LogP contribution in [0.2, 0.25) is 0 Å². The van der Waals surface area contributed by atoms with Crippen LogP contribution in [0, 0.1) is 0 Å². The molecule has 2 N–H and O–H groups in total. The minimum atomic E-state index is -1.00. The minimum absolute atomic E-state index is 0.140. The minimum Gasteiger partial charge on any atom is -0.478 e. The largest absolute Gasteiger partial charge is 0.478 e. The molecule has 0 saturated carbocycles. The smallest absolute Gasteiger partial charge is 0.339 e. The highest BCUT2D eigenvalue weighted by atomic mass is 32.1. The third-order valence-electron chi connectivity index (χ3n) is 4.39. The zero-order chi connectivity index (χ0) is 17.1. The lowest BCUT2D eigenvalue weighted by Crippen LogP contribution is -2.12. The van der Waals surface area contributed by atoms with E-state index < -0.39 is 5.97 Å². The summed E-state index contributed by atoms with van der Waals surface area (Å²) in [5, 5.41) is 14.6. The molecule has 0 atom stereocenters. The van der Waals surface area contributed by atoms with Crippen molar-refractivity contribution in [2.75, 3.05) is 5.32 Å². The summed E-state index contributed by atoms with van der Waals surface area (Å²) in [4.78, 5) is 23.6. The summed E-state index contributed by atoms with van der Waals surface area (Å²) in [6, 6.07) is 6.22. The van der Waals surface area contributed by atoms with Crippen molar-refractivity contribution in [3.63, 3.8) is 0 Å². The van der Waals surface area contributed by atoms with E-state index in [9.17, 15) is 14.7 Å². The van der Waals surface area contributed by atoms with Crippen LogP contribution >= 0.6 is 11.3 Å². The van der Waals surface area contributed by atoms with Crippen LogP contribution in [0.4, 0.5) is 5.00 Å². The molecule has 2 aromatic rings. The van der Waals surface area contributed by atoms with Gasteiger partial charge in [0.15, 0.2) is 0 Å². The van der Waals surface area contributed by atoms with Crippen molar-refractivity contribution in [2.45, 2.75) is 45.4 Å². The maximum absolute atomic E-state index is 11.8. The fraction of sp³-hybridized carbons (Fsp3) is 0.368. The topological polar surface area (TPSA) is 66.4 Å². The molecule has 0 saturated heterocycles. The Hall–Kier alpha value is -2.14. The predicted octanol–water partition coefficient (Wildman–Crippen LogP) is 4.73. The van der Waals surface area contributed by atoms with Crippen molar-refractivity contribution in [1.29, 1.82) is 0 Å². The number of carbonyl (C=O) groups excluding carboxylic acids is 1. The number of amides is 1. The lowest BCUT2D eigenvalue weighted by Gasteiger charge is -2.16. The van der Waals surface area contributed by atoms with Gasteiger partial charge in [-0.05, 0) is 48.8 Å². The number of carbonyl (C=O) groups is 2. The molecule has 1 aromatic carbocycles. The van der Waals surface area contributed by atoms with E-state index in [1.807, 2.05) is 18.4 Å². The number of hydrogen-bond donors (Lipinski definition) is 2. The van der Waals surface area contributed by atoms with Gasteiger partial charge < -0.3 is 10.4 Å². The van der Waals surface area contributed by atoms with Crippen molar-refractivity contribution < 1.29 is 14.7 Å². The van der Waals surface area contributed by atoms with Gasteiger partial charge in [-0.1, -0.05) is 25.1 Å². The number of carboxylic acids is 1. The molecule has 4 nitrogen and oxygen atoms in total. The molecule has 0 spiro atoms. The number of hydrogen-bond acceptors (Lipinski definition) is 3. The van der Waals surface area contributed by atoms with Crippen LogP contribution in [0.25, 0.3) is 11.1 Å². The van der Waals surface area contributed by atoms with Gasteiger partial charge in [0, 0.05) is 17.4 Å². The number of nitrogens with one attached hydrogen (secondary N) is 1. The van der Waals surface area contributed by atoms with E-state index in [-0.39, 0.29) is 11.5 Å². The zero-order valence-electron chi connectivity index (χ0n) is 13.7. The van der Waals surface area contributed by atoms with Crippen LogP contribution in [0.1, 0.15) is 54.1 Å². The summed E-state index contributed by atoms with van der Waals surface area (Å²) in [6.07, 6.45) is 5.69. The van der Waals surface area contributed by atoms with E-state index >= 15 is 0 Å². The maximum atomic E-state index is 11.8. The molecule has 5 heteroatoms. The molecule has 1 amide bonds. The molecule has 0 unspecified atom stereocenters. The number of carboxylic acid groups (broad SMARTS) is 1. The standard InChI is InChI=1S/C19H21NO3S/c1-2-5-16(21)20-18-17(19(22)23)15(11-24-18)14-9-8-12-6-3-4-7-13(12)10-14/h8-11H,2-7H2,1H3,(H,20,21)(H,22,23).